The lowest BCUT2D eigenvalue weighted by molar-refractivity contribution is 0.306. The van der Waals surface area contributed by atoms with E-state index >= 15 is 0 Å². The number of benzene rings is 4. The third-order valence-electron chi connectivity index (χ3n) is 5.55. The summed E-state index contributed by atoms with van der Waals surface area (Å²) >= 11 is 0. The molecule has 4 aromatic carbocycles. The van der Waals surface area contributed by atoms with Crippen molar-refractivity contribution in [3.05, 3.63) is 132 Å². The smallest absolute Gasteiger partial charge is 0.119 e. The van der Waals surface area contributed by atoms with Crippen LogP contribution in [0.15, 0.2) is 120 Å². The zero-order chi connectivity index (χ0) is 20.9. The van der Waals surface area contributed by atoms with E-state index in [0.29, 0.717) is 6.61 Å². The van der Waals surface area contributed by atoms with Gasteiger partial charge in [0.1, 0.15) is 12.4 Å². The Morgan fingerprint density at radius 2 is 1.32 bits per heavy atom. The molecular weight excluding hydrogens is 380 g/mol. The molecule has 0 radical (unpaired) electrons. The van der Waals surface area contributed by atoms with E-state index < -0.39 is 0 Å². The Morgan fingerprint density at radius 3 is 2.00 bits per heavy atom. The lowest BCUT2D eigenvalue weighted by Crippen LogP contribution is -2.18. The Hall–Kier alpha value is -3.85. The molecule has 0 bridgehead atoms. The maximum absolute atomic E-state index is 5.97. The van der Waals surface area contributed by atoms with Gasteiger partial charge in [0.15, 0.2) is 0 Å². The predicted octanol–water partition coefficient (Wildman–Crippen LogP) is 6.62. The highest BCUT2D eigenvalue weighted by molar-refractivity contribution is 6.03. The van der Waals surface area contributed by atoms with Crippen LogP contribution in [-0.2, 0) is 6.61 Å². The molecule has 3 nitrogen and oxygen atoms in total. The summed E-state index contributed by atoms with van der Waals surface area (Å²) in [5.41, 5.74) is 5.78. The third kappa shape index (κ3) is 4.36. The second-order valence-electron chi connectivity index (χ2n) is 7.66. The molecule has 1 aliphatic rings. The van der Waals surface area contributed by atoms with E-state index in [1.807, 2.05) is 30.3 Å². The fourth-order valence-corrected chi connectivity index (χ4v) is 3.92. The van der Waals surface area contributed by atoms with Crippen molar-refractivity contribution in [1.29, 1.82) is 0 Å². The number of rotatable bonds is 6. The van der Waals surface area contributed by atoms with E-state index in [-0.39, 0.29) is 6.04 Å². The molecule has 0 N–H and O–H groups in total. The van der Waals surface area contributed by atoms with E-state index in [1.165, 1.54) is 16.7 Å². The Bertz CT molecular complexity index is 1140. The van der Waals surface area contributed by atoms with Crippen LogP contribution in [-0.4, -0.2) is 5.71 Å². The van der Waals surface area contributed by atoms with Crippen molar-refractivity contribution in [3.8, 4) is 5.75 Å². The van der Waals surface area contributed by atoms with Crippen LogP contribution in [0.5, 0.6) is 5.75 Å². The first-order valence-corrected chi connectivity index (χ1v) is 10.6. The molecule has 0 unspecified atom stereocenters. The molecule has 3 heteroatoms. The van der Waals surface area contributed by atoms with Gasteiger partial charge in [-0.1, -0.05) is 91.0 Å². The molecule has 4 aromatic rings. The quantitative estimate of drug-likeness (QED) is 0.361. The summed E-state index contributed by atoms with van der Waals surface area (Å²) in [7, 11) is 0. The summed E-state index contributed by atoms with van der Waals surface area (Å²) in [6.07, 6.45) is 0.864. The molecule has 0 aliphatic carbocycles. The first-order chi connectivity index (χ1) is 15.4. The van der Waals surface area contributed by atoms with Gasteiger partial charge in [0.2, 0.25) is 0 Å². The third-order valence-corrected chi connectivity index (χ3v) is 5.55. The van der Waals surface area contributed by atoms with Gasteiger partial charge in [0.25, 0.3) is 0 Å². The molecule has 1 heterocycles. The average molecular weight is 405 g/mol. The molecule has 31 heavy (non-hydrogen) atoms. The molecule has 0 amide bonds. The first-order valence-electron chi connectivity index (χ1n) is 10.6. The van der Waals surface area contributed by atoms with Gasteiger partial charge < -0.3 is 4.74 Å². The highest BCUT2D eigenvalue weighted by Gasteiger charge is 2.29. The number of ether oxygens (including phenoxy) is 1. The van der Waals surface area contributed by atoms with Crippen molar-refractivity contribution in [2.45, 2.75) is 19.1 Å². The van der Waals surface area contributed by atoms with Crippen molar-refractivity contribution >= 4 is 11.4 Å². The van der Waals surface area contributed by atoms with Gasteiger partial charge in [-0.3, -0.25) is 5.01 Å². The van der Waals surface area contributed by atoms with Gasteiger partial charge in [-0.15, -0.1) is 0 Å². The van der Waals surface area contributed by atoms with Crippen LogP contribution < -0.4 is 9.75 Å². The maximum atomic E-state index is 5.97. The van der Waals surface area contributed by atoms with Crippen molar-refractivity contribution in [1.82, 2.24) is 0 Å². The topological polar surface area (TPSA) is 24.8 Å². The van der Waals surface area contributed by atoms with E-state index in [1.54, 1.807) is 0 Å². The molecule has 1 atom stereocenters. The molecular formula is C28H24N2O. The van der Waals surface area contributed by atoms with Gasteiger partial charge in [-0.25, -0.2) is 0 Å². The summed E-state index contributed by atoms with van der Waals surface area (Å²) in [6, 6.07) is 39.6. The van der Waals surface area contributed by atoms with Crippen LogP contribution in [0.1, 0.15) is 29.2 Å². The standard InChI is InChI=1S/C28H24N2O/c1-4-10-22(11-5-1)21-31-26-18-16-24(17-19-26)28-20-27(23-12-6-2-7-13-23)29-30(28)25-14-8-3-9-15-25/h1-19,28H,20-21H2/t28-/m0/s1. The second kappa shape index (κ2) is 8.88. The molecule has 0 aromatic heterocycles. The zero-order valence-electron chi connectivity index (χ0n) is 17.3. The Morgan fingerprint density at radius 1 is 0.710 bits per heavy atom. The van der Waals surface area contributed by atoms with E-state index in [9.17, 15) is 0 Å². The summed E-state index contributed by atoms with van der Waals surface area (Å²) in [5, 5.41) is 7.14. The lowest BCUT2D eigenvalue weighted by atomic mass is 9.98. The Kier molecular flexibility index (Phi) is 5.48. The van der Waals surface area contributed by atoms with Crippen molar-refractivity contribution in [3.63, 3.8) is 0 Å². The molecule has 0 fully saturated rings. The number of nitrogens with zero attached hydrogens (tertiary/aromatic N) is 2. The van der Waals surface area contributed by atoms with E-state index in [2.05, 4.69) is 89.9 Å². The minimum atomic E-state index is 0.153. The summed E-state index contributed by atoms with van der Waals surface area (Å²) in [5.74, 6) is 0.876. The normalized spacial score (nSPS) is 15.5. The predicted molar refractivity (Wildman–Crippen MR) is 126 cm³/mol. The number of para-hydroxylation sites is 1. The first kappa shape index (κ1) is 19.1. The van der Waals surface area contributed by atoms with E-state index in [4.69, 9.17) is 9.84 Å². The fraction of sp³-hybridized carbons (Fsp3) is 0.107. The maximum Gasteiger partial charge on any atom is 0.119 e. The van der Waals surface area contributed by atoms with Crippen LogP contribution in [0.2, 0.25) is 0 Å². The minimum Gasteiger partial charge on any atom is -0.489 e. The van der Waals surface area contributed by atoms with Gasteiger partial charge in [-0.05, 0) is 41.0 Å². The van der Waals surface area contributed by atoms with Crippen LogP contribution in [0, 0.1) is 0 Å². The number of hydrogen-bond donors (Lipinski definition) is 0. The average Bonchev–Trinajstić information content (AvgIpc) is 3.30. The van der Waals surface area contributed by atoms with Gasteiger partial charge in [-0.2, -0.15) is 5.10 Å². The molecule has 1 aliphatic heterocycles. The lowest BCUT2D eigenvalue weighted by Gasteiger charge is -2.24. The number of anilines is 1. The summed E-state index contributed by atoms with van der Waals surface area (Å²) in [4.78, 5) is 0. The second-order valence-corrected chi connectivity index (χ2v) is 7.66. The summed E-state index contributed by atoms with van der Waals surface area (Å²) in [6.45, 7) is 0.570. The SMILES string of the molecule is c1ccc(COc2ccc([C@@H]3CC(c4ccccc4)=NN3c3ccccc3)cc2)cc1. The molecule has 0 saturated heterocycles. The Balaban J connectivity index is 1.37. The van der Waals surface area contributed by atoms with Crippen LogP contribution in [0.25, 0.3) is 0 Å². The van der Waals surface area contributed by atoms with Gasteiger partial charge >= 0.3 is 0 Å². The van der Waals surface area contributed by atoms with E-state index in [0.717, 1.165) is 23.6 Å². The molecule has 5 rings (SSSR count). The highest BCUT2D eigenvalue weighted by Crippen LogP contribution is 2.37. The number of hydrazone groups is 1. The molecule has 0 spiro atoms. The van der Waals surface area contributed by atoms with Crippen molar-refractivity contribution < 1.29 is 4.74 Å². The van der Waals surface area contributed by atoms with Crippen molar-refractivity contribution in [2.75, 3.05) is 5.01 Å². The molecule has 152 valence electrons. The highest BCUT2D eigenvalue weighted by atomic mass is 16.5. The minimum absolute atomic E-state index is 0.153. The fourth-order valence-electron chi connectivity index (χ4n) is 3.92. The monoisotopic (exact) mass is 404 g/mol. The Labute approximate surface area is 183 Å². The summed E-state index contributed by atoms with van der Waals surface area (Å²) < 4.78 is 5.97. The van der Waals surface area contributed by atoms with Crippen LogP contribution >= 0.6 is 0 Å². The largest absolute Gasteiger partial charge is 0.489 e. The van der Waals surface area contributed by atoms with Crippen LogP contribution in [0.3, 0.4) is 0 Å². The van der Waals surface area contributed by atoms with Gasteiger partial charge in [0, 0.05) is 6.42 Å². The molecule has 0 saturated carbocycles. The number of hydrogen-bond acceptors (Lipinski definition) is 3. The van der Waals surface area contributed by atoms with Crippen molar-refractivity contribution in [2.24, 2.45) is 5.10 Å². The van der Waals surface area contributed by atoms with Crippen LogP contribution in [0.4, 0.5) is 5.69 Å². The zero-order valence-corrected chi connectivity index (χ0v) is 17.3. The van der Waals surface area contributed by atoms with Gasteiger partial charge in [0.05, 0.1) is 17.4 Å².